The molecule has 116 valence electrons. The standard InChI is InChI=1S/C17H18ClFN2O/c1-4-13-6-5-11(2)21(10-13)12(3)17(22)20-16-8-7-14(19)9-15(16)18/h5-10,12H,4H2,1-3H3/p+1/t12-/m0/s1. The third kappa shape index (κ3) is 3.63. The van der Waals surface area contributed by atoms with Crippen LogP contribution in [-0.4, -0.2) is 5.91 Å². The summed E-state index contributed by atoms with van der Waals surface area (Å²) in [5, 5.41) is 2.93. The van der Waals surface area contributed by atoms with Crippen molar-refractivity contribution >= 4 is 23.2 Å². The Bertz CT molecular complexity index is 703. The largest absolute Gasteiger partial charge is 0.319 e. The average Bonchev–Trinajstić information content (AvgIpc) is 2.49. The molecule has 22 heavy (non-hydrogen) atoms. The van der Waals surface area contributed by atoms with E-state index in [1.54, 1.807) is 0 Å². The molecule has 1 aromatic carbocycles. The second-order valence-electron chi connectivity index (χ2n) is 5.23. The van der Waals surface area contributed by atoms with Crippen molar-refractivity contribution in [2.45, 2.75) is 33.2 Å². The van der Waals surface area contributed by atoms with Crippen LogP contribution in [-0.2, 0) is 11.2 Å². The van der Waals surface area contributed by atoms with Crippen LogP contribution in [0.2, 0.25) is 5.02 Å². The lowest BCUT2D eigenvalue weighted by Gasteiger charge is -2.12. The number of aromatic nitrogens is 1. The Kier molecular flexibility index (Phi) is 5.14. The molecule has 0 radical (unpaired) electrons. The summed E-state index contributed by atoms with van der Waals surface area (Å²) < 4.78 is 15.0. The summed E-state index contributed by atoms with van der Waals surface area (Å²) in [6.45, 7) is 5.84. The average molecular weight is 322 g/mol. The quantitative estimate of drug-likeness (QED) is 0.853. The van der Waals surface area contributed by atoms with Gasteiger partial charge in [0.05, 0.1) is 10.7 Å². The predicted molar refractivity (Wildman–Crippen MR) is 85.5 cm³/mol. The van der Waals surface area contributed by atoms with E-state index in [-0.39, 0.29) is 10.9 Å². The van der Waals surface area contributed by atoms with Crippen molar-refractivity contribution in [1.82, 2.24) is 0 Å². The molecular formula is C17H19ClFN2O+. The Hall–Kier alpha value is -1.94. The number of halogens is 2. The molecule has 0 fully saturated rings. The molecule has 0 aliphatic rings. The summed E-state index contributed by atoms with van der Waals surface area (Å²) in [5.41, 5.74) is 2.56. The van der Waals surface area contributed by atoms with E-state index in [0.29, 0.717) is 5.69 Å². The first-order valence-electron chi connectivity index (χ1n) is 7.19. The molecular weight excluding hydrogens is 303 g/mol. The number of carbonyl (C=O) groups excluding carboxylic acids is 1. The number of nitrogens with one attached hydrogen (secondary N) is 1. The fourth-order valence-corrected chi connectivity index (χ4v) is 2.43. The summed E-state index contributed by atoms with van der Waals surface area (Å²) in [7, 11) is 0. The van der Waals surface area contributed by atoms with Gasteiger partial charge < -0.3 is 5.32 Å². The highest BCUT2D eigenvalue weighted by atomic mass is 35.5. The van der Waals surface area contributed by atoms with E-state index in [0.717, 1.165) is 17.7 Å². The van der Waals surface area contributed by atoms with E-state index in [1.165, 1.54) is 18.2 Å². The van der Waals surface area contributed by atoms with Crippen molar-refractivity contribution in [3.63, 3.8) is 0 Å². The van der Waals surface area contributed by atoms with Crippen LogP contribution in [0, 0.1) is 12.7 Å². The van der Waals surface area contributed by atoms with Gasteiger partial charge in [0.15, 0.2) is 11.9 Å². The van der Waals surface area contributed by atoms with Crippen LogP contribution in [0.1, 0.15) is 31.1 Å². The lowest BCUT2D eigenvalue weighted by atomic mass is 10.1. The van der Waals surface area contributed by atoms with Crippen LogP contribution in [0.15, 0.2) is 36.5 Å². The molecule has 1 N–H and O–H groups in total. The summed E-state index contributed by atoms with van der Waals surface area (Å²) in [4.78, 5) is 12.4. The topological polar surface area (TPSA) is 33.0 Å². The summed E-state index contributed by atoms with van der Waals surface area (Å²) in [6, 6.07) is 7.55. The number of amides is 1. The first kappa shape index (κ1) is 16.4. The van der Waals surface area contributed by atoms with Crippen molar-refractivity contribution in [3.05, 3.63) is 58.6 Å². The zero-order valence-electron chi connectivity index (χ0n) is 12.9. The molecule has 0 saturated heterocycles. The summed E-state index contributed by atoms with van der Waals surface area (Å²) >= 11 is 5.94. The van der Waals surface area contributed by atoms with E-state index in [1.807, 2.05) is 36.7 Å². The van der Waals surface area contributed by atoms with E-state index in [2.05, 4.69) is 12.2 Å². The van der Waals surface area contributed by atoms with Gasteiger partial charge in [0.1, 0.15) is 5.82 Å². The molecule has 1 amide bonds. The lowest BCUT2D eigenvalue weighted by Crippen LogP contribution is -2.47. The van der Waals surface area contributed by atoms with Crippen molar-refractivity contribution in [2.24, 2.45) is 0 Å². The zero-order valence-corrected chi connectivity index (χ0v) is 13.6. The minimum atomic E-state index is -0.433. The Labute approximate surface area is 134 Å². The number of carbonyl (C=O) groups is 1. The number of rotatable bonds is 4. The van der Waals surface area contributed by atoms with Gasteiger partial charge in [0, 0.05) is 25.5 Å². The van der Waals surface area contributed by atoms with E-state index in [4.69, 9.17) is 11.6 Å². The molecule has 0 aliphatic carbocycles. The smallest absolute Gasteiger partial charge is 0.293 e. The second-order valence-corrected chi connectivity index (χ2v) is 5.64. The Morgan fingerprint density at radius 1 is 1.36 bits per heavy atom. The number of nitrogens with zero attached hydrogens (tertiary/aromatic N) is 1. The predicted octanol–water partition coefficient (Wildman–Crippen LogP) is 3.84. The van der Waals surface area contributed by atoms with Gasteiger partial charge in [-0.3, -0.25) is 4.79 Å². The molecule has 0 bridgehead atoms. The highest BCUT2D eigenvalue weighted by molar-refractivity contribution is 6.33. The minimum Gasteiger partial charge on any atom is -0.319 e. The molecule has 1 aromatic heterocycles. The fraction of sp³-hybridized carbons (Fsp3) is 0.294. The molecule has 0 unspecified atom stereocenters. The fourth-order valence-electron chi connectivity index (χ4n) is 2.22. The van der Waals surface area contributed by atoms with E-state index in [9.17, 15) is 9.18 Å². The van der Waals surface area contributed by atoms with E-state index < -0.39 is 11.9 Å². The van der Waals surface area contributed by atoms with Crippen LogP contribution in [0.4, 0.5) is 10.1 Å². The Morgan fingerprint density at radius 3 is 2.73 bits per heavy atom. The SMILES string of the molecule is CCc1ccc(C)[n+]([C@@H](C)C(=O)Nc2ccc(F)cc2Cl)c1. The lowest BCUT2D eigenvalue weighted by molar-refractivity contribution is -0.711. The van der Waals surface area contributed by atoms with Gasteiger partial charge in [-0.1, -0.05) is 18.5 Å². The molecule has 2 rings (SSSR count). The van der Waals surface area contributed by atoms with Crippen LogP contribution in [0.25, 0.3) is 0 Å². The summed E-state index contributed by atoms with van der Waals surface area (Å²) in [6.07, 6.45) is 2.88. The van der Waals surface area contributed by atoms with Gasteiger partial charge in [0.25, 0.3) is 5.91 Å². The first-order chi connectivity index (χ1) is 10.4. The van der Waals surface area contributed by atoms with Gasteiger partial charge >= 0.3 is 0 Å². The molecule has 0 spiro atoms. The maximum atomic E-state index is 13.0. The van der Waals surface area contributed by atoms with Gasteiger partial charge in [-0.15, -0.1) is 0 Å². The van der Waals surface area contributed by atoms with Gasteiger partial charge in [-0.25, -0.2) is 4.39 Å². The molecule has 1 atom stereocenters. The van der Waals surface area contributed by atoms with Gasteiger partial charge in [0.2, 0.25) is 6.04 Å². The number of benzene rings is 1. The Balaban J connectivity index is 2.22. The van der Waals surface area contributed by atoms with Crippen LogP contribution in [0.3, 0.4) is 0 Å². The van der Waals surface area contributed by atoms with Crippen LogP contribution >= 0.6 is 11.6 Å². The monoisotopic (exact) mass is 321 g/mol. The Morgan fingerprint density at radius 2 is 2.09 bits per heavy atom. The minimum absolute atomic E-state index is 0.185. The molecule has 3 nitrogen and oxygen atoms in total. The molecule has 2 aromatic rings. The van der Waals surface area contributed by atoms with Crippen molar-refractivity contribution < 1.29 is 13.8 Å². The first-order valence-corrected chi connectivity index (χ1v) is 7.56. The maximum absolute atomic E-state index is 13.0. The van der Waals surface area contributed by atoms with E-state index >= 15 is 0 Å². The van der Waals surface area contributed by atoms with Crippen LogP contribution in [0.5, 0.6) is 0 Å². The van der Waals surface area contributed by atoms with Crippen molar-refractivity contribution in [1.29, 1.82) is 0 Å². The number of aryl methyl sites for hydroxylation is 2. The number of pyridine rings is 1. The van der Waals surface area contributed by atoms with Crippen molar-refractivity contribution in [2.75, 3.05) is 5.32 Å². The highest BCUT2D eigenvalue weighted by Gasteiger charge is 2.25. The second kappa shape index (κ2) is 6.88. The highest BCUT2D eigenvalue weighted by Crippen LogP contribution is 2.23. The van der Waals surface area contributed by atoms with Gasteiger partial charge in [-0.2, -0.15) is 4.57 Å². The third-order valence-electron chi connectivity index (χ3n) is 3.64. The number of hydrogen-bond acceptors (Lipinski definition) is 1. The van der Waals surface area contributed by atoms with Crippen molar-refractivity contribution in [3.8, 4) is 0 Å². The maximum Gasteiger partial charge on any atom is 0.293 e. The zero-order chi connectivity index (χ0) is 16.3. The molecule has 5 heteroatoms. The van der Waals surface area contributed by atoms with Crippen LogP contribution < -0.4 is 9.88 Å². The molecule has 1 heterocycles. The third-order valence-corrected chi connectivity index (χ3v) is 3.96. The van der Waals surface area contributed by atoms with Gasteiger partial charge in [-0.05, 0) is 30.7 Å². The molecule has 0 aliphatic heterocycles. The summed E-state index contributed by atoms with van der Waals surface area (Å²) in [5.74, 6) is -0.633. The molecule has 0 saturated carbocycles. The number of hydrogen-bond donors (Lipinski definition) is 1. The number of anilines is 1. The normalized spacial score (nSPS) is 12.0.